The number of halogens is 1. The van der Waals surface area contributed by atoms with Gasteiger partial charge < -0.3 is 4.98 Å². The van der Waals surface area contributed by atoms with Crippen molar-refractivity contribution in [3.63, 3.8) is 0 Å². The van der Waals surface area contributed by atoms with Crippen molar-refractivity contribution in [1.29, 1.82) is 0 Å². The molecule has 0 spiro atoms. The maximum Gasteiger partial charge on any atom is 0.159 e. The third-order valence-electron chi connectivity index (χ3n) is 7.19. The van der Waals surface area contributed by atoms with Crippen molar-refractivity contribution >= 4 is 21.9 Å². The summed E-state index contributed by atoms with van der Waals surface area (Å²) in [5, 5.41) is 7.79. The molecule has 1 aliphatic heterocycles. The first kappa shape index (κ1) is 22.7. The number of pyridine rings is 3. The number of nitrogens with zero attached hydrogens (tertiary/aromatic N) is 6. The van der Waals surface area contributed by atoms with Crippen LogP contribution in [0.4, 0.5) is 4.39 Å². The normalized spacial score (nSPS) is 14.4. The first-order valence-electron chi connectivity index (χ1n) is 12.8. The summed E-state index contributed by atoms with van der Waals surface area (Å²) >= 11 is 0. The quantitative estimate of drug-likeness (QED) is 0.310. The standard InChI is InChI=1S/C29H25FN8/c30-25-21(20-13-18(14-32-16-20)17-38-11-2-1-3-12-38)6-7-22-24(25)28(37-36-22)29-34-23-8-10-33-26(27(23)35-29)19-5-4-9-31-15-19/h4-10,13-16H,1-3,11-12,17H2,(H,34,35)(H,36,37). The number of nitrogens with one attached hydrogen (secondary N) is 2. The summed E-state index contributed by atoms with van der Waals surface area (Å²) in [6.07, 6.45) is 12.5. The second-order valence-electron chi connectivity index (χ2n) is 9.72. The minimum absolute atomic E-state index is 0.353. The molecular weight excluding hydrogens is 479 g/mol. The third kappa shape index (κ3) is 4.01. The molecule has 1 fully saturated rings. The van der Waals surface area contributed by atoms with Crippen molar-refractivity contribution in [3.05, 3.63) is 78.8 Å². The van der Waals surface area contributed by atoms with Gasteiger partial charge >= 0.3 is 0 Å². The van der Waals surface area contributed by atoms with Gasteiger partial charge in [0.2, 0.25) is 0 Å². The van der Waals surface area contributed by atoms with Crippen LogP contribution in [0.3, 0.4) is 0 Å². The van der Waals surface area contributed by atoms with Crippen LogP contribution in [-0.4, -0.2) is 53.1 Å². The van der Waals surface area contributed by atoms with Crippen LogP contribution in [0.5, 0.6) is 0 Å². The van der Waals surface area contributed by atoms with Crippen LogP contribution in [0.15, 0.2) is 67.4 Å². The van der Waals surface area contributed by atoms with Crippen molar-refractivity contribution in [3.8, 4) is 33.9 Å². The number of piperidine rings is 1. The van der Waals surface area contributed by atoms with Crippen LogP contribution in [0.1, 0.15) is 24.8 Å². The van der Waals surface area contributed by atoms with Crippen LogP contribution in [-0.2, 0) is 6.54 Å². The van der Waals surface area contributed by atoms with Crippen molar-refractivity contribution in [2.45, 2.75) is 25.8 Å². The molecule has 0 unspecified atom stereocenters. The maximum absolute atomic E-state index is 16.2. The molecule has 9 heteroatoms. The molecule has 0 amide bonds. The van der Waals surface area contributed by atoms with E-state index < -0.39 is 0 Å². The monoisotopic (exact) mass is 504 g/mol. The molecule has 1 aliphatic rings. The zero-order valence-electron chi connectivity index (χ0n) is 20.7. The topological polar surface area (TPSA) is 99.3 Å². The van der Waals surface area contributed by atoms with E-state index in [2.05, 4.69) is 35.0 Å². The Balaban J connectivity index is 1.29. The molecule has 6 heterocycles. The van der Waals surface area contributed by atoms with Crippen LogP contribution < -0.4 is 0 Å². The van der Waals surface area contributed by atoms with Gasteiger partial charge in [0.15, 0.2) is 5.82 Å². The molecule has 38 heavy (non-hydrogen) atoms. The summed E-state index contributed by atoms with van der Waals surface area (Å²) in [7, 11) is 0. The molecule has 0 atom stereocenters. The Morgan fingerprint density at radius 2 is 1.76 bits per heavy atom. The molecule has 8 nitrogen and oxygen atoms in total. The Morgan fingerprint density at radius 1 is 0.868 bits per heavy atom. The van der Waals surface area contributed by atoms with Crippen LogP contribution in [0, 0.1) is 5.82 Å². The zero-order chi connectivity index (χ0) is 25.5. The van der Waals surface area contributed by atoms with Gasteiger partial charge in [-0.1, -0.05) is 6.42 Å². The Bertz CT molecular complexity index is 1750. The highest BCUT2D eigenvalue weighted by molar-refractivity contribution is 5.98. The van der Waals surface area contributed by atoms with Crippen molar-refractivity contribution in [2.75, 3.05) is 13.1 Å². The van der Waals surface area contributed by atoms with E-state index in [9.17, 15) is 0 Å². The Hall–Kier alpha value is -4.50. The first-order valence-corrected chi connectivity index (χ1v) is 12.8. The summed E-state index contributed by atoms with van der Waals surface area (Å²) < 4.78 is 16.2. The lowest BCUT2D eigenvalue weighted by Gasteiger charge is -2.26. The second-order valence-corrected chi connectivity index (χ2v) is 9.72. The molecular formula is C29H25FN8. The van der Waals surface area contributed by atoms with E-state index in [4.69, 9.17) is 4.98 Å². The highest BCUT2D eigenvalue weighted by Gasteiger charge is 2.21. The van der Waals surface area contributed by atoms with Crippen molar-refractivity contribution < 1.29 is 4.39 Å². The maximum atomic E-state index is 16.2. The Labute approximate surface area is 218 Å². The number of aromatic amines is 2. The zero-order valence-corrected chi connectivity index (χ0v) is 20.7. The van der Waals surface area contributed by atoms with Crippen LogP contribution in [0.2, 0.25) is 0 Å². The van der Waals surface area contributed by atoms with E-state index in [1.54, 1.807) is 30.9 Å². The number of hydrogen-bond donors (Lipinski definition) is 2. The summed E-state index contributed by atoms with van der Waals surface area (Å²) in [5.41, 5.74) is 6.37. The van der Waals surface area contributed by atoms with Crippen LogP contribution >= 0.6 is 0 Å². The number of likely N-dealkylation sites (tertiary alicyclic amines) is 1. The third-order valence-corrected chi connectivity index (χ3v) is 7.19. The minimum Gasteiger partial charge on any atom is -0.336 e. The number of benzene rings is 1. The molecule has 0 radical (unpaired) electrons. The number of imidazole rings is 1. The minimum atomic E-state index is -0.353. The van der Waals surface area contributed by atoms with E-state index in [1.165, 1.54) is 19.3 Å². The average molecular weight is 505 g/mol. The summed E-state index contributed by atoms with van der Waals surface area (Å²) in [4.78, 5) is 23.7. The summed E-state index contributed by atoms with van der Waals surface area (Å²) in [5.74, 6) is 0.117. The molecule has 7 rings (SSSR count). The van der Waals surface area contributed by atoms with Gasteiger partial charge in [0.05, 0.1) is 22.1 Å². The number of rotatable bonds is 5. The SMILES string of the molecule is Fc1c(-c2cncc(CN3CCCCC3)c2)ccc2[nH]nc(-c3nc4c(-c5cccnc5)nccc4[nH]3)c12. The number of hydrogen-bond acceptors (Lipinski definition) is 6. The van der Waals surface area contributed by atoms with Gasteiger partial charge in [0.25, 0.3) is 0 Å². The highest BCUT2D eigenvalue weighted by atomic mass is 19.1. The van der Waals surface area contributed by atoms with E-state index in [0.717, 1.165) is 41.8 Å². The molecule has 0 saturated carbocycles. The Kier molecular flexibility index (Phi) is 5.62. The summed E-state index contributed by atoms with van der Waals surface area (Å²) in [6.45, 7) is 3.02. The lowest BCUT2D eigenvalue weighted by atomic mass is 10.0. The molecule has 1 saturated heterocycles. The highest BCUT2D eigenvalue weighted by Crippen LogP contribution is 2.35. The molecule has 5 aromatic heterocycles. The fraction of sp³-hybridized carbons (Fsp3) is 0.207. The van der Waals surface area contributed by atoms with Gasteiger partial charge in [-0.3, -0.25) is 25.0 Å². The smallest absolute Gasteiger partial charge is 0.159 e. The molecule has 2 N–H and O–H groups in total. The number of aromatic nitrogens is 7. The number of fused-ring (bicyclic) bond motifs is 2. The largest absolute Gasteiger partial charge is 0.336 e. The van der Waals surface area contributed by atoms with Crippen molar-refractivity contribution in [2.24, 2.45) is 0 Å². The molecule has 6 aromatic rings. The molecule has 0 bridgehead atoms. The van der Waals surface area contributed by atoms with E-state index in [1.807, 2.05) is 36.5 Å². The van der Waals surface area contributed by atoms with Gasteiger partial charge in [0.1, 0.15) is 17.0 Å². The molecule has 1 aromatic carbocycles. The lowest BCUT2D eigenvalue weighted by Crippen LogP contribution is -2.29. The van der Waals surface area contributed by atoms with Gasteiger partial charge in [-0.2, -0.15) is 5.10 Å². The summed E-state index contributed by atoms with van der Waals surface area (Å²) in [6, 6.07) is 11.3. The molecule has 188 valence electrons. The average Bonchev–Trinajstić information content (AvgIpc) is 3.59. The second kappa shape index (κ2) is 9.42. The lowest BCUT2D eigenvalue weighted by molar-refractivity contribution is 0.220. The van der Waals surface area contributed by atoms with E-state index >= 15 is 4.39 Å². The van der Waals surface area contributed by atoms with Gasteiger partial charge in [0, 0.05) is 54.2 Å². The van der Waals surface area contributed by atoms with Crippen molar-refractivity contribution in [1.82, 2.24) is 40.0 Å². The van der Waals surface area contributed by atoms with Gasteiger partial charge in [-0.05, 0) is 67.9 Å². The number of H-pyrrole nitrogens is 2. The van der Waals surface area contributed by atoms with E-state index in [-0.39, 0.29) is 5.82 Å². The first-order chi connectivity index (χ1) is 18.7. The fourth-order valence-corrected chi connectivity index (χ4v) is 5.33. The molecule has 0 aliphatic carbocycles. The van der Waals surface area contributed by atoms with Crippen LogP contribution in [0.25, 0.3) is 55.8 Å². The fourth-order valence-electron chi connectivity index (χ4n) is 5.33. The Morgan fingerprint density at radius 3 is 2.63 bits per heavy atom. The predicted octanol–water partition coefficient (Wildman–Crippen LogP) is 5.75. The van der Waals surface area contributed by atoms with Gasteiger partial charge in [-0.25, -0.2) is 9.37 Å². The van der Waals surface area contributed by atoms with E-state index in [0.29, 0.717) is 39.2 Å². The van der Waals surface area contributed by atoms with Gasteiger partial charge in [-0.15, -0.1) is 0 Å². The predicted molar refractivity (Wildman–Crippen MR) is 145 cm³/mol.